The molecule has 1 atom stereocenters. The largest absolute Gasteiger partial charge is 0.493 e. The molecule has 174 valence electrons. The topological polar surface area (TPSA) is 120 Å². The van der Waals surface area contributed by atoms with Gasteiger partial charge >= 0.3 is 0 Å². The quantitative estimate of drug-likeness (QED) is 0.266. The van der Waals surface area contributed by atoms with Crippen molar-refractivity contribution in [3.05, 3.63) is 60.6 Å². The zero-order chi connectivity index (χ0) is 23.5. The smallest absolute Gasteiger partial charge is 0.180 e. The Morgan fingerprint density at radius 3 is 2.94 bits per heavy atom. The SMILES string of the molecule is COc1cc(Nc2nc(-c3ccc(C=N)c(N)c3)cn3ccnc23)ccc1OC[C@@H]1CCCO1. The number of nitrogen functional groups attached to an aromatic ring is 1. The highest BCUT2D eigenvalue weighted by molar-refractivity contribution is 5.87. The van der Waals surface area contributed by atoms with Gasteiger partial charge in [-0.2, -0.15) is 0 Å². The zero-order valence-corrected chi connectivity index (χ0v) is 18.8. The van der Waals surface area contributed by atoms with E-state index in [0.29, 0.717) is 40.8 Å². The van der Waals surface area contributed by atoms with Crippen LogP contribution in [-0.2, 0) is 4.74 Å². The lowest BCUT2D eigenvalue weighted by Gasteiger charge is -2.16. The van der Waals surface area contributed by atoms with Gasteiger partial charge in [-0.25, -0.2) is 9.97 Å². The van der Waals surface area contributed by atoms with Crippen molar-refractivity contribution in [3.63, 3.8) is 0 Å². The van der Waals surface area contributed by atoms with Crippen LogP contribution < -0.4 is 20.5 Å². The summed E-state index contributed by atoms with van der Waals surface area (Å²) in [5.74, 6) is 1.87. The number of benzene rings is 2. The lowest BCUT2D eigenvalue weighted by Crippen LogP contribution is -2.16. The van der Waals surface area contributed by atoms with Gasteiger partial charge in [0.05, 0.1) is 18.9 Å². The molecule has 0 unspecified atom stereocenters. The first-order chi connectivity index (χ1) is 16.6. The fraction of sp³-hybridized carbons (Fsp3) is 0.240. The van der Waals surface area contributed by atoms with E-state index >= 15 is 0 Å². The minimum Gasteiger partial charge on any atom is -0.493 e. The van der Waals surface area contributed by atoms with Crippen LogP contribution in [0, 0.1) is 5.41 Å². The molecule has 0 bridgehead atoms. The number of aromatic nitrogens is 3. The van der Waals surface area contributed by atoms with Crippen LogP contribution in [0.3, 0.4) is 0 Å². The molecule has 0 saturated carbocycles. The van der Waals surface area contributed by atoms with Crippen LogP contribution in [0.1, 0.15) is 18.4 Å². The van der Waals surface area contributed by atoms with Crippen molar-refractivity contribution in [2.24, 2.45) is 0 Å². The minimum atomic E-state index is 0.130. The van der Waals surface area contributed by atoms with E-state index in [0.717, 1.165) is 36.4 Å². The fourth-order valence-corrected chi connectivity index (χ4v) is 3.98. The van der Waals surface area contributed by atoms with E-state index in [4.69, 9.17) is 30.3 Å². The second-order valence-corrected chi connectivity index (χ2v) is 8.06. The lowest BCUT2D eigenvalue weighted by molar-refractivity contribution is 0.0670. The molecule has 0 spiro atoms. The third kappa shape index (κ3) is 4.38. The molecule has 1 aliphatic rings. The van der Waals surface area contributed by atoms with Gasteiger partial charge in [-0.15, -0.1) is 0 Å². The van der Waals surface area contributed by atoms with Crippen LogP contribution in [0.4, 0.5) is 17.2 Å². The monoisotopic (exact) mass is 458 g/mol. The van der Waals surface area contributed by atoms with Gasteiger partial charge in [-0.05, 0) is 31.0 Å². The number of nitrogens with two attached hydrogens (primary N) is 1. The van der Waals surface area contributed by atoms with Gasteiger partial charge in [-0.1, -0.05) is 12.1 Å². The predicted octanol–water partition coefficient (Wildman–Crippen LogP) is 4.29. The van der Waals surface area contributed by atoms with Crippen LogP contribution in [0.15, 0.2) is 55.0 Å². The number of hydrogen-bond acceptors (Lipinski definition) is 8. The number of anilines is 3. The maximum absolute atomic E-state index is 7.46. The van der Waals surface area contributed by atoms with Gasteiger partial charge in [-0.3, -0.25) is 0 Å². The summed E-state index contributed by atoms with van der Waals surface area (Å²) in [5, 5.41) is 10.8. The molecule has 34 heavy (non-hydrogen) atoms. The molecule has 3 heterocycles. The first-order valence-electron chi connectivity index (χ1n) is 11.1. The Bertz CT molecular complexity index is 1330. The summed E-state index contributed by atoms with van der Waals surface area (Å²) in [6.07, 6.45) is 8.94. The summed E-state index contributed by atoms with van der Waals surface area (Å²) in [7, 11) is 1.62. The Morgan fingerprint density at radius 2 is 2.18 bits per heavy atom. The van der Waals surface area contributed by atoms with Crippen molar-refractivity contribution in [3.8, 4) is 22.8 Å². The molecule has 4 aromatic rings. The maximum atomic E-state index is 7.46. The fourth-order valence-electron chi connectivity index (χ4n) is 3.98. The third-order valence-electron chi connectivity index (χ3n) is 5.79. The van der Waals surface area contributed by atoms with Gasteiger partial charge in [0.2, 0.25) is 0 Å². The van der Waals surface area contributed by atoms with Crippen LogP contribution in [0.25, 0.3) is 16.9 Å². The lowest BCUT2D eigenvalue weighted by atomic mass is 10.1. The predicted molar refractivity (Wildman–Crippen MR) is 131 cm³/mol. The second-order valence-electron chi connectivity index (χ2n) is 8.06. The van der Waals surface area contributed by atoms with Crippen LogP contribution in [0.2, 0.25) is 0 Å². The van der Waals surface area contributed by atoms with E-state index in [2.05, 4.69) is 10.3 Å². The van der Waals surface area contributed by atoms with E-state index < -0.39 is 0 Å². The van der Waals surface area contributed by atoms with E-state index in [-0.39, 0.29) is 6.10 Å². The Kier molecular flexibility index (Phi) is 6.01. The number of hydrogen-bond donors (Lipinski definition) is 3. The summed E-state index contributed by atoms with van der Waals surface area (Å²) in [6, 6.07) is 11.2. The maximum Gasteiger partial charge on any atom is 0.180 e. The molecule has 2 aromatic carbocycles. The number of nitrogens with zero attached hydrogens (tertiary/aromatic N) is 3. The Balaban J connectivity index is 1.43. The highest BCUT2D eigenvalue weighted by Gasteiger charge is 2.18. The molecular formula is C25H26N6O3. The van der Waals surface area contributed by atoms with E-state index in [1.54, 1.807) is 13.3 Å². The number of imidazole rings is 1. The minimum absolute atomic E-state index is 0.130. The number of rotatable bonds is 8. The normalized spacial score (nSPS) is 15.4. The van der Waals surface area contributed by atoms with Gasteiger partial charge in [0.1, 0.15) is 6.61 Å². The number of methoxy groups -OCH3 is 1. The first kappa shape index (κ1) is 21.7. The summed E-state index contributed by atoms with van der Waals surface area (Å²) in [6.45, 7) is 1.29. The van der Waals surface area contributed by atoms with Crippen LogP contribution in [0.5, 0.6) is 11.5 Å². The first-order valence-corrected chi connectivity index (χ1v) is 11.1. The molecule has 0 aliphatic carbocycles. The summed E-state index contributed by atoms with van der Waals surface area (Å²) < 4.78 is 19.0. The van der Waals surface area contributed by atoms with Crippen molar-refractivity contribution in [2.75, 3.05) is 31.4 Å². The third-order valence-corrected chi connectivity index (χ3v) is 5.79. The highest BCUT2D eigenvalue weighted by Crippen LogP contribution is 2.33. The average Bonchev–Trinajstić information content (AvgIpc) is 3.55. The molecule has 5 rings (SSSR count). The van der Waals surface area contributed by atoms with E-state index in [1.165, 1.54) is 6.21 Å². The summed E-state index contributed by atoms with van der Waals surface area (Å²) in [4.78, 5) is 9.25. The summed E-state index contributed by atoms with van der Waals surface area (Å²) in [5.41, 5.74) is 10.3. The van der Waals surface area contributed by atoms with Crippen LogP contribution in [-0.4, -0.2) is 47.0 Å². The van der Waals surface area contributed by atoms with Crippen molar-refractivity contribution >= 4 is 29.1 Å². The number of nitrogens with one attached hydrogen (secondary N) is 2. The molecule has 9 nitrogen and oxygen atoms in total. The molecule has 0 radical (unpaired) electrons. The average molecular weight is 459 g/mol. The molecule has 4 N–H and O–H groups in total. The number of ether oxygens (including phenoxy) is 3. The Labute approximate surface area is 197 Å². The Morgan fingerprint density at radius 1 is 1.26 bits per heavy atom. The standard InChI is InChI=1S/C25H26N6O3/c1-32-23-12-18(6-7-22(23)34-15-19-3-2-10-33-19)29-24-25-28-8-9-31(25)14-21(30-24)16-4-5-17(13-26)20(27)11-16/h4-9,11-14,19,26H,2-3,10,15,27H2,1H3,(H,29,30)/t19-/m0/s1. The number of fused-ring (bicyclic) bond motifs is 1. The van der Waals surface area contributed by atoms with E-state index in [1.807, 2.05) is 53.2 Å². The van der Waals surface area contributed by atoms with Crippen molar-refractivity contribution < 1.29 is 14.2 Å². The molecule has 9 heteroatoms. The second kappa shape index (κ2) is 9.40. The Hall–Kier alpha value is -4.11. The van der Waals surface area contributed by atoms with Gasteiger partial charge in [0.15, 0.2) is 23.0 Å². The van der Waals surface area contributed by atoms with Gasteiger partial charge < -0.3 is 35.1 Å². The molecule has 1 aliphatic heterocycles. The molecule has 0 amide bonds. The summed E-state index contributed by atoms with van der Waals surface area (Å²) >= 11 is 0. The van der Waals surface area contributed by atoms with E-state index in [9.17, 15) is 0 Å². The van der Waals surface area contributed by atoms with Gasteiger partial charge in [0.25, 0.3) is 0 Å². The highest BCUT2D eigenvalue weighted by atomic mass is 16.5. The molecular weight excluding hydrogens is 432 g/mol. The van der Waals surface area contributed by atoms with Crippen molar-refractivity contribution in [2.45, 2.75) is 18.9 Å². The zero-order valence-electron chi connectivity index (χ0n) is 18.8. The molecule has 1 fully saturated rings. The van der Waals surface area contributed by atoms with Crippen molar-refractivity contribution in [1.82, 2.24) is 14.4 Å². The van der Waals surface area contributed by atoms with Crippen LogP contribution >= 0.6 is 0 Å². The molecule has 1 saturated heterocycles. The van der Waals surface area contributed by atoms with Gasteiger partial charge in [0, 0.05) is 60.0 Å². The molecule has 2 aromatic heterocycles. The van der Waals surface area contributed by atoms with Crippen molar-refractivity contribution in [1.29, 1.82) is 5.41 Å².